The van der Waals surface area contributed by atoms with Gasteiger partial charge in [-0.3, -0.25) is 0 Å². The molecule has 0 amide bonds. The lowest BCUT2D eigenvalue weighted by Crippen LogP contribution is -2.53. The van der Waals surface area contributed by atoms with Crippen LogP contribution in [0.5, 0.6) is 0 Å². The van der Waals surface area contributed by atoms with Crippen LogP contribution in [-0.2, 0) is 9.47 Å². The van der Waals surface area contributed by atoms with Crippen LogP contribution in [0.4, 0.5) is 11.6 Å². The van der Waals surface area contributed by atoms with E-state index in [9.17, 15) is 0 Å². The van der Waals surface area contributed by atoms with Crippen molar-refractivity contribution in [2.45, 2.75) is 31.3 Å². The van der Waals surface area contributed by atoms with E-state index >= 15 is 0 Å². The Balaban J connectivity index is 1.56. The molecule has 138 valence electrons. The molecule has 26 heavy (non-hydrogen) atoms. The highest BCUT2D eigenvalue weighted by Gasteiger charge is 2.41. The second-order valence-electron chi connectivity index (χ2n) is 7.66. The van der Waals surface area contributed by atoms with Gasteiger partial charge in [-0.1, -0.05) is 12.1 Å². The molecule has 5 rings (SSSR count). The highest BCUT2D eigenvalue weighted by Crippen LogP contribution is 2.35. The van der Waals surface area contributed by atoms with E-state index in [2.05, 4.69) is 21.9 Å². The van der Waals surface area contributed by atoms with E-state index in [-0.39, 0.29) is 5.60 Å². The zero-order valence-corrected chi connectivity index (χ0v) is 15.2. The average Bonchev–Trinajstić information content (AvgIpc) is 3.15. The van der Waals surface area contributed by atoms with Crippen LogP contribution in [0.2, 0.25) is 0 Å². The fraction of sp³-hybridized carbons (Fsp3) is 0.600. The lowest BCUT2D eigenvalue weighted by Gasteiger charge is -2.41. The minimum Gasteiger partial charge on any atom is -0.378 e. The van der Waals surface area contributed by atoms with Gasteiger partial charge in [-0.05, 0) is 31.4 Å². The van der Waals surface area contributed by atoms with Crippen molar-refractivity contribution in [2.24, 2.45) is 0 Å². The first-order valence-corrected chi connectivity index (χ1v) is 9.81. The summed E-state index contributed by atoms with van der Waals surface area (Å²) in [6.45, 7) is 6.02. The number of rotatable bonds is 2. The summed E-state index contributed by atoms with van der Waals surface area (Å²) in [5.74, 6) is 2.06. The molecule has 0 bridgehead atoms. The molecule has 1 unspecified atom stereocenters. The molecule has 4 heterocycles. The van der Waals surface area contributed by atoms with Gasteiger partial charge in [0.1, 0.15) is 5.60 Å². The second kappa shape index (κ2) is 6.67. The van der Waals surface area contributed by atoms with Crippen LogP contribution < -0.4 is 9.80 Å². The first-order valence-electron chi connectivity index (χ1n) is 9.81. The van der Waals surface area contributed by atoms with Crippen molar-refractivity contribution >= 4 is 22.7 Å². The molecule has 0 N–H and O–H groups in total. The van der Waals surface area contributed by atoms with Gasteiger partial charge in [-0.25, -0.2) is 9.97 Å². The summed E-state index contributed by atoms with van der Waals surface area (Å²) in [5, 5.41) is 0. The normalized spacial score (nSPS) is 26.8. The van der Waals surface area contributed by atoms with Crippen molar-refractivity contribution in [3.05, 3.63) is 24.3 Å². The molecule has 1 aromatic heterocycles. The van der Waals surface area contributed by atoms with Gasteiger partial charge < -0.3 is 19.3 Å². The maximum atomic E-state index is 6.12. The van der Waals surface area contributed by atoms with Gasteiger partial charge >= 0.3 is 0 Å². The number of para-hydroxylation sites is 2. The van der Waals surface area contributed by atoms with Crippen LogP contribution in [0.15, 0.2) is 24.3 Å². The van der Waals surface area contributed by atoms with Crippen LogP contribution in [0.3, 0.4) is 0 Å². The summed E-state index contributed by atoms with van der Waals surface area (Å²) in [7, 11) is 0. The van der Waals surface area contributed by atoms with Crippen molar-refractivity contribution in [2.75, 3.05) is 55.8 Å². The molecule has 3 fully saturated rings. The number of anilines is 2. The second-order valence-corrected chi connectivity index (χ2v) is 7.66. The van der Waals surface area contributed by atoms with Crippen LogP contribution >= 0.6 is 0 Å². The minimum atomic E-state index is -0.176. The zero-order valence-electron chi connectivity index (χ0n) is 15.2. The van der Waals surface area contributed by atoms with Crippen molar-refractivity contribution < 1.29 is 9.47 Å². The molecule has 1 atom stereocenters. The highest BCUT2D eigenvalue weighted by atomic mass is 16.6. The summed E-state index contributed by atoms with van der Waals surface area (Å²) in [6, 6.07) is 8.19. The van der Waals surface area contributed by atoms with Crippen molar-refractivity contribution in [3.63, 3.8) is 0 Å². The van der Waals surface area contributed by atoms with Crippen molar-refractivity contribution in [1.82, 2.24) is 9.97 Å². The van der Waals surface area contributed by atoms with Crippen molar-refractivity contribution in [1.29, 1.82) is 0 Å². The topological polar surface area (TPSA) is 50.7 Å². The van der Waals surface area contributed by atoms with E-state index in [0.29, 0.717) is 6.61 Å². The molecular formula is C20H26N4O2. The molecule has 6 nitrogen and oxygen atoms in total. The third-order valence-corrected chi connectivity index (χ3v) is 5.81. The van der Waals surface area contributed by atoms with E-state index < -0.39 is 0 Å². The SMILES string of the molecule is c1ccc2nc(N3CCOC4(CCOC4)C3)c(N3CCCCC3)nc2c1. The molecular weight excluding hydrogens is 328 g/mol. The van der Waals surface area contributed by atoms with Crippen LogP contribution in [0, 0.1) is 0 Å². The molecule has 3 saturated heterocycles. The van der Waals surface area contributed by atoms with E-state index in [0.717, 1.165) is 68.5 Å². The number of nitrogens with zero attached hydrogens (tertiary/aromatic N) is 4. The number of piperidine rings is 1. The van der Waals surface area contributed by atoms with Crippen LogP contribution in [-0.4, -0.2) is 61.6 Å². The Morgan fingerprint density at radius 2 is 1.58 bits per heavy atom. The predicted molar refractivity (Wildman–Crippen MR) is 102 cm³/mol. The number of hydrogen-bond donors (Lipinski definition) is 0. The largest absolute Gasteiger partial charge is 0.378 e. The number of aromatic nitrogens is 2. The standard InChI is InChI=1S/C20H26N4O2/c1-4-9-23(10-5-1)18-19(22-17-7-3-2-6-16(17)21-18)24-11-13-26-20(14-24)8-12-25-15-20/h2-3,6-7H,1,4-5,8-15H2. The zero-order chi connectivity index (χ0) is 17.4. The van der Waals surface area contributed by atoms with Gasteiger partial charge in [0.2, 0.25) is 0 Å². The third kappa shape index (κ3) is 2.91. The first-order chi connectivity index (χ1) is 12.8. The smallest absolute Gasteiger partial charge is 0.172 e. The van der Waals surface area contributed by atoms with E-state index in [4.69, 9.17) is 19.4 Å². The Kier molecular flexibility index (Phi) is 4.17. The molecule has 3 aliphatic rings. The highest BCUT2D eigenvalue weighted by molar-refractivity contribution is 5.81. The average molecular weight is 354 g/mol. The summed E-state index contributed by atoms with van der Waals surface area (Å²) in [6.07, 6.45) is 4.73. The Labute approximate surface area is 154 Å². The van der Waals surface area contributed by atoms with Gasteiger partial charge in [-0.2, -0.15) is 0 Å². The van der Waals surface area contributed by atoms with E-state index in [1.807, 2.05) is 12.1 Å². The van der Waals surface area contributed by atoms with Gasteiger partial charge in [0.15, 0.2) is 11.6 Å². The Hall–Kier alpha value is -1.92. The minimum absolute atomic E-state index is 0.176. The Morgan fingerprint density at radius 3 is 2.27 bits per heavy atom. The first kappa shape index (κ1) is 16.3. The Bertz CT molecular complexity index is 784. The molecule has 6 heteroatoms. The van der Waals surface area contributed by atoms with Crippen LogP contribution in [0.25, 0.3) is 11.0 Å². The molecule has 2 aromatic rings. The number of ether oxygens (including phenoxy) is 2. The third-order valence-electron chi connectivity index (χ3n) is 5.81. The molecule has 0 radical (unpaired) electrons. The predicted octanol–water partition coefficient (Wildman–Crippen LogP) is 2.62. The monoisotopic (exact) mass is 354 g/mol. The maximum Gasteiger partial charge on any atom is 0.172 e. The number of benzene rings is 1. The number of hydrogen-bond acceptors (Lipinski definition) is 6. The summed E-state index contributed by atoms with van der Waals surface area (Å²) in [5.41, 5.74) is 1.76. The molecule has 1 aromatic carbocycles. The fourth-order valence-electron chi connectivity index (χ4n) is 4.36. The molecule has 1 spiro atoms. The summed E-state index contributed by atoms with van der Waals surface area (Å²) >= 11 is 0. The Morgan fingerprint density at radius 1 is 0.846 bits per heavy atom. The van der Waals surface area contributed by atoms with Gasteiger partial charge in [0, 0.05) is 32.7 Å². The number of morpholine rings is 1. The molecule has 0 aliphatic carbocycles. The van der Waals surface area contributed by atoms with Gasteiger partial charge in [-0.15, -0.1) is 0 Å². The van der Waals surface area contributed by atoms with E-state index in [1.54, 1.807) is 0 Å². The number of fused-ring (bicyclic) bond motifs is 1. The van der Waals surface area contributed by atoms with Crippen LogP contribution in [0.1, 0.15) is 25.7 Å². The molecule has 3 aliphatic heterocycles. The van der Waals surface area contributed by atoms with E-state index in [1.165, 1.54) is 19.3 Å². The summed E-state index contributed by atoms with van der Waals surface area (Å²) in [4.78, 5) is 14.9. The lowest BCUT2D eigenvalue weighted by atomic mass is 10.0. The lowest BCUT2D eigenvalue weighted by molar-refractivity contribution is -0.0581. The quantitative estimate of drug-likeness (QED) is 0.826. The van der Waals surface area contributed by atoms with Gasteiger partial charge in [0.05, 0.1) is 30.8 Å². The fourth-order valence-corrected chi connectivity index (χ4v) is 4.36. The van der Waals surface area contributed by atoms with Gasteiger partial charge in [0.25, 0.3) is 0 Å². The maximum absolute atomic E-state index is 6.12. The van der Waals surface area contributed by atoms with Crippen molar-refractivity contribution in [3.8, 4) is 0 Å². The molecule has 0 saturated carbocycles. The summed E-state index contributed by atoms with van der Waals surface area (Å²) < 4.78 is 11.8.